The van der Waals surface area contributed by atoms with Crippen LogP contribution in [0.2, 0.25) is 0 Å². The number of benzene rings is 1. The molecule has 1 aromatic heterocycles. The molecule has 0 unspecified atom stereocenters. The molecule has 0 bridgehead atoms. The van der Waals surface area contributed by atoms with Crippen molar-refractivity contribution in [1.82, 2.24) is 14.8 Å². The third-order valence-electron chi connectivity index (χ3n) is 5.10. The number of nitrogens with zero attached hydrogens (tertiary/aromatic N) is 3. The number of amides is 4. The highest BCUT2D eigenvalue weighted by atomic mass is 16.2. The number of hydrogen-bond acceptors (Lipinski definition) is 4. The lowest BCUT2D eigenvalue weighted by molar-refractivity contribution is -0.138. The minimum Gasteiger partial charge on any atom is -0.336 e. The van der Waals surface area contributed by atoms with Gasteiger partial charge in [0.15, 0.2) is 0 Å². The Morgan fingerprint density at radius 1 is 1.10 bits per heavy atom. The normalized spacial score (nSPS) is 14.1. The summed E-state index contributed by atoms with van der Waals surface area (Å²) in [5.74, 6) is -0.0895. The van der Waals surface area contributed by atoms with Gasteiger partial charge < -0.3 is 20.4 Å². The van der Waals surface area contributed by atoms with E-state index < -0.39 is 0 Å². The molecule has 1 fully saturated rings. The van der Waals surface area contributed by atoms with Crippen LogP contribution in [0, 0.1) is 12.8 Å². The summed E-state index contributed by atoms with van der Waals surface area (Å²) < 4.78 is 0. The number of piperidine rings is 1. The zero-order valence-corrected chi connectivity index (χ0v) is 17.3. The summed E-state index contributed by atoms with van der Waals surface area (Å²) in [6.45, 7) is 2.88. The summed E-state index contributed by atoms with van der Waals surface area (Å²) >= 11 is 0. The number of carbonyl (C=O) groups is 3. The quantitative estimate of drug-likeness (QED) is 0.794. The summed E-state index contributed by atoms with van der Waals surface area (Å²) in [6.07, 6.45) is 2.78. The number of aryl methyl sites for hydroxylation is 1. The molecule has 8 nitrogen and oxygen atoms in total. The Morgan fingerprint density at radius 2 is 1.80 bits per heavy atom. The second-order valence-corrected chi connectivity index (χ2v) is 7.52. The molecule has 4 amide bonds. The predicted molar refractivity (Wildman–Crippen MR) is 115 cm³/mol. The Labute approximate surface area is 176 Å². The van der Waals surface area contributed by atoms with Crippen molar-refractivity contribution in [2.45, 2.75) is 19.8 Å². The zero-order valence-electron chi connectivity index (χ0n) is 17.3. The summed E-state index contributed by atoms with van der Waals surface area (Å²) in [5, 5.41) is 5.58. The average Bonchev–Trinajstić information content (AvgIpc) is 2.74. The van der Waals surface area contributed by atoms with Gasteiger partial charge in [0, 0.05) is 37.9 Å². The molecule has 3 rings (SSSR count). The number of pyridine rings is 1. The minimum atomic E-state index is -0.288. The number of urea groups is 1. The van der Waals surface area contributed by atoms with E-state index in [2.05, 4.69) is 15.6 Å². The molecule has 2 N–H and O–H groups in total. The van der Waals surface area contributed by atoms with Crippen LogP contribution in [-0.4, -0.2) is 59.3 Å². The van der Waals surface area contributed by atoms with Crippen molar-refractivity contribution in [1.29, 1.82) is 0 Å². The number of carbonyl (C=O) groups excluding carboxylic acids is 3. The topological polar surface area (TPSA) is 94.6 Å². The van der Waals surface area contributed by atoms with E-state index in [-0.39, 0.29) is 30.3 Å². The van der Waals surface area contributed by atoms with Crippen LogP contribution in [0.1, 0.15) is 18.4 Å². The number of likely N-dealkylation sites (tertiary alicyclic amines) is 1. The number of rotatable bonds is 5. The van der Waals surface area contributed by atoms with Crippen molar-refractivity contribution in [3.8, 4) is 0 Å². The van der Waals surface area contributed by atoms with Crippen molar-refractivity contribution < 1.29 is 14.4 Å². The van der Waals surface area contributed by atoms with E-state index in [9.17, 15) is 14.4 Å². The Hall–Kier alpha value is -3.42. The van der Waals surface area contributed by atoms with Gasteiger partial charge in [0.2, 0.25) is 11.8 Å². The highest BCUT2D eigenvalue weighted by Gasteiger charge is 2.29. The summed E-state index contributed by atoms with van der Waals surface area (Å²) in [7, 11) is 1.63. The molecule has 8 heteroatoms. The number of aromatic nitrogens is 1. The molecule has 2 heterocycles. The second kappa shape index (κ2) is 9.87. The lowest BCUT2D eigenvalue weighted by Gasteiger charge is -2.33. The van der Waals surface area contributed by atoms with Crippen LogP contribution in [-0.2, 0) is 9.59 Å². The summed E-state index contributed by atoms with van der Waals surface area (Å²) in [6, 6.07) is 12.7. The van der Waals surface area contributed by atoms with Gasteiger partial charge in [-0.1, -0.05) is 18.2 Å². The molecule has 1 aliphatic rings. The molecule has 0 aliphatic carbocycles. The maximum atomic E-state index is 12.7. The van der Waals surface area contributed by atoms with Crippen LogP contribution in [0.15, 0.2) is 48.7 Å². The first kappa shape index (κ1) is 21.3. The van der Waals surface area contributed by atoms with Crippen LogP contribution >= 0.6 is 0 Å². The minimum absolute atomic E-state index is 0.0385. The fourth-order valence-electron chi connectivity index (χ4n) is 3.45. The molecular weight excluding hydrogens is 382 g/mol. The lowest BCUT2D eigenvalue weighted by atomic mass is 9.95. The molecule has 0 atom stereocenters. The number of likely N-dealkylation sites (N-methyl/N-ethyl adjacent to an activating group) is 1. The van der Waals surface area contributed by atoms with Gasteiger partial charge in [0.1, 0.15) is 5.82 Å². The molecule has 2 aromatic rings. The molecule has 0 saturated carbocycles. The fraction of sp³-hybridized carbons (Fsp3) is 0.364. The molecule has 1 aromatic carbocycles. The number of para-hydroxylation sites is 1. The first-order valence-corrected chi connectivity index (χ1v) is 10.0. The van der Waals surface area contributed by atoms with Gasteiger partial charge in [-0.2, -0.15) is 0 Å². The number of nitrogens with one attached hydrogen (secondary N) is 2. The summed E-state index contributed by atoms with van der Waals surface area (Å²) in [4.78, 5) is 44.6. The number of anilines is 2. The SMILES string of the molecule is Cc1ccnc(NC(=O)CN(C)C(=O)C2CCN(C(=O)Nc3ccccc3)CC2)c1. The van der Waals surface area contributed by atoms with Crippen LogP contribution in [0.5, 0.6) is 0 Å². The molecule has 158 valence electrons. The molecule has 1 saturated heterocycles. The highest BCUT2D eigenvalue weighted by molar-refractivity contribution is 5.94. The maximum Gasteiger partial charge on any atom is 0.321 e. The largest absolute Gasteiger partial charge is 0.336 e. The molecule has 0 spiro atoms. The highest BCUT2D eigenvalue weighted by Crippen LogP contribution is 2.20. The van der Waals surface area contributed by atoms with E-state index in [1.165, 1.54) is 4.90 Å². The Balaban J connectivity index is 1.44. The first-order chi connectivity index (χ1) is 14.4. The van der Waals surface area contributed by atoms with Gasteiger partial charge >= 0.3 is 6.03 Å². The van der Waals surface area contributed by atoms with Gasteiger partial charge in [-0.05, 0) is 49.6 Å². The molecule has 30 heavy (non-hydrogen) atoms. The van der Waals surface area contributed by atoms with Gasteiger partial charge in [-0.3, -0.25) is 9.59 Å². The van der Waals surface area contributed by atoms with E-state index in [1.54, 1.807) is 24.2 Å². The van der Waals surface area contributed by atoms with E-state index in [4.69, 9.17) is 0 Å². The smallest absolute Gasteiger partial charge is 0.321 e. The van der Waals surface area contributed by atoms with Gasteiger partial charge in [-0.25, -0.2) is 9.78 Å². The Bertz CT molecular complexity index is 895. The van der Waals surface area contributed by atoms with Crippen molar-refractivity contribution in [2.75, 3.05) is 37.3 Å². The van der Waals surface area contributed by atoms with Crippen LogP contribution < -0.4 is 10.6 Å². The van der Waals surface area contributed by atoms with Crippen LogP contribution in [0.3, 0.4) is 0 Å². The van der Waals surface area contributed by atoms with E-state index in [0.29, 0.717) is 31.7 Å². The fourth-order valence-corrected chi connectivity index (χ4v) is 3.45. The van der Waals surface area contributed by atoms with Crippen molar-refractivity contribution in [3.63, 3.8) is 0 Å². The third kappa shape index (κ3) is 5.79. The van der Waals surface area contributed by atoms with Gasteiger partial charge in [0.05, 0.1) is 6.54 Å². The maximum absolute atomic E-state index is 12.7. The lowest BCUT2D eigenvalue weighted by Crippen LogP contribution is -2.46. The number of hydrogen-bond donors (Lipinski definition) is 2. The first-order valence-electron chi connectivity index (χ1n) is 10.0. The second-order valence-electron chi connectivity index (χ2n) is 7.52. The van der Waals surface area contributed by atoms with E-state index in [0.717, 1.165) is 11.3 Å². The van der Waals surface area contributed by atoms with Crippen LogP contribution in [0.25, 0.3) is 0 Å². The summed E-state index contributed by atoms with van der Waals surface area (Å²) in [5.41, 5.74) is 1.74. The van der Waals surface area contributed by atoms with E-state index in [1.807, 2.05) is 43.3 Å². The standard InChI is InChI=1S/C22H27N5O3/c1-16-8-11-23-19(14-16)25-20(28)15-26(2)21(29)17-9-12-27(13-10-17)22(30)24-18-6-4-3-5-7-18/h3-8,11,14,17H,9-10,12-13,15H2,1-2H3,(H,24,30)(H,23,25,28). The van der Waals surface area contributed by atoms with Gasteiger partial charge in [-0.15, -0.1) is 0 Å². The van der Waals surface area contributed by atoms with Gasteiger partial charge in [0.25, 0.3) is 0 Å². The average molecular weight is 409 g/mol. The monoisotopic (exact) mass is 409 g/mol. The van der Waals surface area contributed by atoms with Crippen molar-refractivity contribution in [3.05, 3.63) is 54.2 Å². The van der Waals surface area contributed by atoms with E-state index >= 15 is 0 Å². The molecule has 0 radical (unpaired) electrons. The van der Waals surface area contributed by atoms with Crippen LogP contribution in [0.4, 0.5) is 16.3 Å². The third-order valence-corrected chi connectivity index (χ3v) is 5.10. The Morgan fingerprint density at radius 3 is 2.47 bits per heavy atom. The Kier molecular flexibility index (Phi) is 7.00. The molecular formula is C22H27N5O3. The van der Waals surface area contributed by atoms with Crippen molar-refractivity contribution >= 4 is 29.4 Å². The molecule has 1 aliphatic heterocycles. The predicted octanol–water partition coefficient (Wildman–Crippen LogP) is 2.73. The van der Waals surface area contributed by atoms with Crippen molar-refractivity contribution in [2.24, 2.45) is 5.92 Å². The zero-order chi connectivity index (χ0) is 21.5.